The van der Waals surface area contributed by atoms with Crippen LogP contribution in [-0.2, 0) is 4.74 Å². The van der Waals surface area contributed by atoms with Gasteiger partial charge < -0.3 is 9.84 Å². The molecule has 0 saturated carbocycles. The third kappa shape index (κ3) is 4.30. The Balaban J connectivity index is 3.55. The molecule has 0 aliphatic rings. The van der Waals surface area contributed by atoms with Crippen LogP contribution in [0.2, 0.25) is 0 Å². The molecule has 0 fully saturated rings. The monoisotopic (exact) mass is 143 g/mol. The van der Waals surface area contributed by atoms with Gasteiger partial charge in [-0.1, -0.05) is 0 Å². The molecule has 58 valence electrons. The van der Waals surface area contributed by atoms with Crippen molar-refractivity contribution in [3.63, 3.8) is 0 Å². The summed E-state index contributed by atoms with van der Waals surface area (Å²) in [5, 5.41) is 17.5. The van der Waals surface area contributed by atoms with Crippen LogP contribution < -0.4 is 0 Å². The van der Waals surface area contributed by atoms with E-state index in [9.17, 15) is 5.11 Å². The molecule has 0 spiro atoms. The summed E-state index contributed by atoms with van der Waals surface area (Å²) in [6.07, 6.45) is 0.118. The molecule has 10 heavy (non-hydrogen) atoms. The van der Waals surface area contributed by atoms with Gasteiger partial charge in [0.15, 0.2) is 0 Å². The smallest absolute Gasteiger partial charge is 0.0981 e. The quantitative estimate of drug-likeness (QED) is 0.629. The van der Waals surface area contributed by atoms with Crippen LogP contribution in [-0.4, -0.2) is 23.9 Å². The van der Waals surface area contributed by atoms with Crippen LogP contribution in [0.1, 0.15) is 20.3 Å². The van der Waals surface area contributed by atoms with Crippen molar-refractivity contribution < 1.29 is 9.84 Å². The molecule has 1 N–H and O–H groups in total. The van der Waals surface area contributed by atoms with Crippen LogP contribution in [0.25, 0.3) is 0 Å². The number of ether oxygens (including phenoxy) is 1. The molecule has 0 radical (unpaired) electrons. The van der Waals surface area contributed by atoms with Gasteiger partial charge in [0.2, 0.25) is 0 Å². The van der Waals surface area contributed by atoms with Gasteiger partial charge in [0.25, 0.3) is 0 Å². The first-order valence-corrected chi connectivity index (χ1v) is 3.29. The van der Waals surface area contributed by atoms with E-state index in [-0.39, 0.29) is 13.0 Å². The van der Waals surface area contributed by atoms with Crippen LogP contribution in [0.3, 0.4) is 0 Å². The molecule has 0 bridgehead atoms. The molecule has 0 amide bonds. The van der Waals surface area contributed by atoms with Gasteiger partial charge in [-0.25, -0.2) is 0 Å². The van der Waals surface area contributed by atoms with E-state index in [0.717, 1.165) is 0 Å². The van der Waals surface area contributed by atoms with E-state index >= 15 is 0 Å². The number of nitrogens with zero attached hydrogens (tertiary/aromatic N) is 1. The SMILES string of the molecule is CCOCC(C)(O)CC#N. The molecule has 0 rings (SSSR count). The summed E-state index contributed by atoms with van der Waals surface area (Å²) >= 11 is 0. The Morgan fingerprint density at radius 3 is 2.70 bits per heavy atom. The predicted molar refractivity (Wildman–Crippen MR) is 37.3 cm³/mol. The van der Waals surface area contributed by atoms with Gasteiger partial charge in [-0.05, 0) is 13.8 Å². The largest absolute Gasteiger partial charge is 0.387 e. The molecule has 0 aliphatic carbocycles. The van der Waals surface area contributed by atoms with Crippen molar-refractivity contribution in [2.45, 2.75) is 25.9 Å². The van der Waals surface area contributed by atoms with Gasteiger partial charge in [-0.2, -0.15) is 5.26 Å². The van der Waals surface area contributed by atoms with Crippen LogP contribution >= 0.6 is 0 Å². The molecule has 0 aromatic heterocycles. The minimum Gasteiger partial charge on any atom is -0.387 e. The van der Waals surface area contributed by atoms with E-state index in [4.69, 9.17) is 10.00 Å². The summed E-state index contributed by atoms with van der Waals surface area (Å²) in [7, 11) is 0. The molecule has 0 aromatic rings. The lowest BCUT2D eigenvalue weighted by Crippen LogP contribution is -2.29. The summed E-state index contributed by atoms with van der Waals surface area (Å²) in [5.74, 6) is 0. The highest BCUT2D eigenvalue weighted by atomic mass is 16.5. The first kappa shape index (κ1) is 9.41. The Morgan fingerprint density at radius 1 is 1.70 bits per heavy atom. The highest BCUT2D eigenvalue weighted by molar-refractivity contribution is 4.84. The maximum Gasteiger partial charge on any atom is 0.0981 e. The summed E-state index contributed by atoms with van der Waals surface area (Å²) in [5.41, 5.74) is -0.981. The van der Waals surface area contributed by atoms with Crippen molar-refractivity contribution in [3.8, 4) is 6.07 Å². The fourth-order valence-electron chi connectivity index (χ4n) is 0.543. The number of rotatable bonds is 4. The van der Waals surface area contributed by atoms with Crippen LogP contribution in [0, 0.1) is 11.3 Å². The molecule has 0 heterocycles. The lowest BCUT2D eigenvalue weighted by Gasteiger charge is -2.18. The maximum atomic E-state index is 9.30. The van der Waals surface area contributed by atoms with Crippen molar-refractivity contribution in [1.29, 1.82) is 5.26 Å². The van der Waals surface area contributed by atoms with E-state index in [1.165, 1.54) is 0 Å². The minimum absolute atomic E-state index is 0.118. The zero-order valence-electron chi connectivity index (χ0n) is 6.42. The second-order valence-corrected chi connectivity index (χ2v) is 2.47. The van der Waals surface area contributed by atoms with E-state index in [0.29, 0.717) is 6.61 Å². The molecule has 3 heteroatoms. The predicted octanol–water partition coefficient (Wildman–Crippen LogP) is 0.688. The third-order valence-electron chi connectivity index (χ3n) is 1.08. The number of hydrogen-bond donors (Lipinski definition) is 1. The zero-order valence-corrected chi connectivity index (χ0v) is 6.42. The minimum atomic E-state index is -0.981. The third-order valence-corrected chi connectivity index (χ3v) is 1.08. The average Bonchev–Trinajstić information content (AvgIpc) is 1.84. The fourth-order valence-corrected chi connectivity index (χ4v) is 0.543. The second-order valence-electron chi connectivity index (χ2n) is 2.47. The molecule has 3 nitrogen and oxygen atoms in total. The highest BCUT2D eigenvalue weighted by Gasteiger charge is 2.19. The number of aliphatic hydroxyl groups is 1. The highest BCUT2D eigenvalue weighted by Crippen LogP contribution is 2.07. The van der Waals surface area contributed by atoms with Crippen molar-refractivity contribution in [2.75, 3.05) is 13.2 Å². The number of nitriles is 1. The maximum absolute atomic E-state index is 9.30. The summed E-state index contributed by atoms with van der Waals surface area (Å²) in [6.45, 7) is 4.24. The topological polar surface area (TPSA) is 53.2 Å². The lowest BCUT2D eigenvalue weighted by atomic mass is 10.1. The van der Waals surface area contributed by atoms with E-state index in [1.807, 2.05) is 13.0 Å². The van der Waals surface area contributed by atoms with Crippen molar-refractivity contribution >= 4 is 0 Å². The standard InChI is InChI=1S/C7H13NO2/c1-3-10-6-7(2,9)4-5-8/h9H,3-4,6H2,1-2H3. The summed E-state index contributed by atoms with van der Waals surface area (Å²) in [4.78, 5) is 0. The Morgan fingerprint density at radius 2 is 2.30 bits per heavy atom. The van der Waals surface area contributed by atoms with Gasteiger partial charge in [-0.15, -0.1) is 0 Å². The summed E-state index contributed by atoms with van der Waals surface area (Å²) in [6, 6.07) is 1.89. The Bertz CT molecular complexity index is 126. The Labute approximate surface area is 61.2 Å². The number of hydrogen-bond acceptors (Lipinski definition) is 3. The molecular formula is C7H13NO2. The van der Waals surface area contributed by atoms with Gasteiger partial charge in [0, 0.05) is 6.61 Å². The van der Waals surface area contributed by atoms with Gasteiger partial charge in [0.1, 0.15) is 0 Å². The first-order valence-electron chi connectivity index (χ1n) is 3.29. The molecular weight excluding hydrogens is 130 g/mol. The Kier molecular flexibility index (Phi) is 4.01. The molecule has 0 saturated heterocycles. The van der Waals surface area contributed by atoms with Crippen molar-refractivity contribution in [3.05, 3.63) is 0 Å². The Hall–Kier alpha value is -0.590. The van der Waals surface area contributed by atoms with Crippen molar-refractivity contribution in [1.82, 2.24) is 0 Å². The van der Waals surface area contributed by atoms with Crippen molar-refractivity contribution in [2.24, 2.45) is 0 Å². The average molecular weight is 143 g/mol. The van der Waals surface area contributed by atoms with Crippen LogP contribution in [0.15, 0.2) is 0 Å². The van der Waals surface area contributed by atoms with Gasteiger partial charge in [-0.3, -0.25) is 0 Å². The fraction of sp³-hybridized carbons (Fsp3) is 0.857. The zero-order chi connectivity index (χ0) is 8.04. The lowest BCUT2D eigenvalue weighted by molar-refractivity contribution is -0.0267. The normalized spacial score (nSPS) is 15.8. The summed E-state index contributed by atoms with van der Waals surface area (Å²) < 4.78 is 4.95. The molecule has 1 unspecified atom stereocenters. The molecule has 0 aromatic carbocycles. The van der Waals surface area contributed by atoms with Gasteiger partial charge >= 0.3 is 0 Å². The first-order chi connectivity index (χ1) is 4.62. The molecule has 0 aliphatic heterocycles. The second kappa shape index (κ2) is 4.26. The molecule has 1 atom stereocenters. The van der Waals surface area contributed by atoms with Gasteiger partial charge in [0.05, 0.1) is 24.7 Å². The van der Waals surface area contributed by atoms with E-state index in [2.05, 4.69) is 0 Å². The van der Waals surface area contributed by atoms with E-state index < -0.39 is 5.60 Å². The van der Waals surface area contributed by atoms with Crippen LogP contribution in [0.4, 0.5) is 0 Å². The van der Waals surface area contributed by atoms with Crippen LogP contribution in [0.5, 0.6) is 0 Å². The van der Waals surface area contributed by atoms with E-state index in [1.54, 1.807) is 6.92 Å².